The van der Waals surface area contributed by atoms with E-state index < -0.39 is 26.2 Å². The van der Waals surface area contributed by atoms with Crippen LogP contribution in [0.5, 0.6) is 0 Å². The second-order valence-electron chi connectivity index (χ2n) is 11.6. The summed E-state index contributed by atoms with van der Waals surface area (Å²) >= 11 is 0. The summed E-state index contributed by atoms with van der Waals surface area (Å²) in [6.07, 6.45) is 7.73. The molecule has 34 heavy (non-hydrogen) atoms. The van der Waals surface area contributed by atoms with E-state index in [0.29, 0.717) is 42.3 Å². The highest BCUT2D eigenvalue weighted by Gasteiger charge is 2.61. The van der Waals surface area contributed by atoms with Crippen LogP contribution in [0.25, 0.3) is 0 Å². The lowest BCUT2D eigenvalue weighted by molar-refractivity contribution is -0.140. The Bertz CT molecular complexity index is 1210. The fraction of sp³-hybridized carbons (Fsp3) is 0.720. The highest BCUT2D eigenvalue weighted by atomic mass is 32.2. The lowest BCUT2D eigenvalue weighted by atomic mass is 9.45. The number of carbonyl (C=O) groups is 1. The van der Waals surface area contributed by atoms with Crippen LogP contribution in [0.1, 0.15) is 71.6 Å². The van der Waals surface area contributed by atoms with E-state index in [4.69, 9.17) is 9.32 Å². The van der Waals surface area contributed by atoms with Crippen molar-refractivity contribution in [1.82, 2.24) is 0 Å². The number of benzene rings is 1. The van der Waals surface area contributed by atoms with E-state index in [1.807, 2.05) is 0 Å². The predicted octanol–water partition coefficient (Wildman–Crippen LogP) is 4.02. The lowest BCUT2D eigenvalue weighted by Gasteiger charge is -2.60. The van der Waals surface area contributed by atoms with Gasteiger partial charge in [-0.2, -0.15) is 8.42 Å². The summed E-state index contributed by atoms with van der Waals surface area (Å²) in [7, 11) is -8.16. The van der Waals surface area contributed by atoms with Crippen molar-refractivity contribution in [2.75, 3.05) is 0 Å². The largest absolute Gasteiger partial charge is 0.300 e. The van der Waals surface area contributed by atoms with Gasteiger partial charge in [0.25, 0.3) is 10.1 Å². The minimum atomic E-state index is -4.14. The second kappa shape index (κ2) is 8.11. The number of sulfonamides is 1. The predicted molar refractivity (Wildman–Crippen MR) is 127 cm³/mol. The van der Waals surface area contributed by atoms with Gasteiger partial charge in [-0.15, -0.1) is 0 Å². The minimum absolute atomic E-state index is 0.181. The van der Waals surface area contributed by atoms with E-state index >= 15 is 0 Å². The molecule has 0 heterocycles. The second-order valence-corrected chi connectivity index (χ2v) is 14.7. The fourth-order valence-corrected chi connectivity index (χ4v) is 10.1. The van der Waals surface area contributed by atoms with Crippen LogP contribution in [0.2, 0.25) is 0 Å². The highest BCUT2D eigenvalue weighted by molar-refractivity contribution is 7.89. The number of Topliss-reactive ketones (excluding diaryl/α,β-unsaturated/α-hetero) is 1. The summed E-state index contributed by atoms with van der Waals surface area (Å²) in [5, 5.41) is 5.19. The van der Waals surface area contributed by atoms with Gasteiger partial charge in [-0.3, -0.25) is 8.98 Å². The molecule has 4 aliphatic rings. The van der Waals surface area contributed by atoms with Crippen LogP contribution < -0.4 is 5.14 Å². The van der Waals surface area contributed by atoms with Crippen molar-refractivity contribution in [2.45, 2.75) is 87.5 Å². The van der Waals surface area contributed by atoms with Crippen molar-refractivity contribution in [3.8, 4) is 0 Å². The first kappa shape index (κ1) is 24.4. The van der Waals surface area contributed by atoms with Crippen LogP contribution in [0.4, 0.5) is 0 Å². The van der Waals surface area contributed by atoms with E-state index in [1.165, 1.54) is 18.2 Å². The van der Waals surface area contributed by atoms with Gasteiger partial charge in [0, 0.05) is 12.8 Å². The van der Waals surface area contributed by atoms with Crippen molar-refractivity contribution >= 4 is 25.9 Å². The van der Waals surface area contributed by atoms with Gasteiger partial charge in [0.2, 0.25) is 10.0 Å². The molecule has 4 fully saturated rings. The first-order chi connectivity index (χ1) is 15.8. The van der Waals surface area contributed by atoms with Crippen LogP contribution in [0.15, 0.2) is 34.1 Å². The number of hydrogen-bond donors (Lipinski definition) is 1. The maximum absolute atomic E-state index is 13.1. The van der Waals surface area contributed by atoms with Gasteiger partial charge in [-0.25, -0.2) is 13.6 Å². The zero-order valence-electron chi connectivity index (χ0n) is 19.9. The number of fused-ring (bicyclic) bond motifs is 5. The Balaban J connectivity index is 1.37. The van der Waals surface area contributed by atoms with Crippen LogP contribution in [-0.4, -0.2) is 28.7 Å². The summed E-state index contributed by atoms with van der Waals surface area (Å²) in [6, 6.07) is 5.07. The van der Waals surface area contributed by atoms with Crippen LogP contribution in [0, 0.1) is 34.5 Å². The van der Waals surface area contributed by atoms with Gasteiger partial charge in [0.1, 0.15) is 5.78 Å². The van der Waals surface area contributed by atoms with E-state index in [1.54, 1.807) is 0 Å². The Labute approximate surface area is 203 Å². The van der Waals surface area contributed by atoms with Crippen molar-refractivity contribution in [2.24, 2.45) is 39.6 Å². The third-order valence-corrected chi connectivity index (χ3v) is 12.3. The molecule has 7 nitrogen and oxygen atoms in total. The highest BCUT2D eigenvalue weighted by Crippen LogP contribution is 2.66. The number of primary sulfonamides is 1. The molecule has 7 atom stereocenters. The van der Waals surface area contributed by atoms with Crippen molar-refractivity contribution in [3.05, 3.63) is 24.3 Å². The molecule has 2 N–H and O–H groups in total. The molecule has 188 valence electrons. The third-order valence-electron chi connectivity index (χ3n) is 10.1. The van der Waals surface area contributed by atoms with E-state index in [-0.39, 0.29) is 20.6 Å². The molecule has 4 aliphatic carbocycles. The molecule has 0 spiro atoms. The van der Waals surface area contributed by atoms with Gasteiger partial charge >= 0.3 is 0 Å². The van der Waals surface area contributed by atoms with Crippen molar-refractivity contribution < 1.29 is 25.8 Å². The molecule has 5 unspecified atom stereocenters. The Morgan fingerprint density at radius 1 is 0.912 bits per heavy atom. The minimum Gasteiger partial charge on any atom is -0.300 e. The zero-order valence-corrected chi connectivity index (χ0v) is 21.5. The average Bonchev–Trinajstić information content (AvgIpc) is 3.09. The topological polar surface area (TPSA) is 121 Å². The maximum atomic E-state index is 13.1. The van der Waals surface area contributed by atoms with E-state index in [0.717, 1.165) is 51.0 Å². The monoisotopic (exact) mass is 509 g/mol. The van der Waals surface area contributed by atoms with Gasteiger partial charge in [-0.05, 0) is 97.6 Å². The van der Waals surface area contributed by atoms with Gasteiger partial charge in [0.15, 0.2) is 0 Å². The number of rotatable bonds is 4. The SMILES string of the molecule is C[C@]12CCC(=O)CC1CCC1C2CC[C@]2(C)C(OS(=O)(=O)c3cccc(S(N)(=O)=O)c3)CCC12. The quantitative estimate of drug-likeness (QED) is 0.612. The number of carbonyl (C=O) groups excluding carboxylic acids is 1. The third kappa shape index (κ3) is 3.87. The molecule has 0 bridgehead atoms. The summed E-state index contributed by atoms with van der Waals surface area (Å²) in [6.45, 7) is 4.58. The van der Waals surface area contributed by atoms with Crippen LogP contribution in [0.3, 0.4) is 0 Å². The number of ketones is 1. The molecule has 0 saturated heterocycles. The Morgan fingerprint density at radius 3 is 2.35 bits per heavy atom. The fourth-order valence-electron chi connectivity index (χ4n) is 8.17. The standard InChI is InChI=1S/C25H35NO6S2/c1-24-12-10-17(27)14-16(24)6-7-20-21-8-9-23(25(21,2)13-11-22(20)24)32-34(30,31)19-5-3-4-18(15-19)33(26,28)29/h3-5,15-16,20-23H,6-14H2,1-2H3,(H2,26,28,29)/t16?,20?,21?,22?,23?,24-,25-/m0/s1. The summed E-state index contributed by atoms with van der Waals surface area (Å²) in [5.41, 5.74) is -0.0309. The van der Waals surface area contributed by atoms with Crippen molar-refractivity contribution in [3.63, 3.8) is 0 Å². The molecule has 0 aromatic heterocycles. The average molecular weight is 510 g/mol. The molecule has 0 radical (unpaired) electrons. The van der Waals surface area contributed by atoms with Gasteiger partial charge in [0.05, 0.1) is 15.9 Å². The Morgan fingerprint density at radius 2 is 1.62 bits per heavy atom. The molecule has 1 aromatic carbocycles. The first-order valence-corrected chi connectivity index (χ1v) is 15.4. The molecule has 0 amide bonds. The lowest BCUT2D eigenvalue weighted by Crippen LogP contribution is -2.54. The molecule has 0 aliphatic heterocycles. The van der Waals surface area contributed by atoms with Crippen LogP contribution >= 0.6 is 0 Å². The molecular formula is C25H35NO6S2. The molecule has 4 saturated carbocycles. The van der Waals surface area contributed by atoms with Crippen LogP contribution in [-0.2, 0) is 29.1 Å². The Hall–Kier alpha value is -1.29. The number of nitrogens with two attached hydrogens (primary N) is 1. The molecule has 1 aromatic rings. The van der Waals surface area contributed by atoms with E-state index in [2.05, 4.69) is 13.8 Å². The number of hydrogen-bond acceptors (Lipinski definition) is 6. The normalized spacial score (nSPS) is 40.3. The molecule has 5 rings (SSSR count). The smallest absolute Gasteiger partial charge is 0.297 e. The molecular weight excluding hydrogens is 474 g/mol. The summed E-state index contributed by atoms with van der Waals surface area (Å²) in [5.74, 6) is 2.42. The zero-order chi connectivity index (χ0) is 24.5. The first-order valence-electron chi connectivity index (χ1n) is 12.4. The summed E-state index contributed by atoms with van der Waals surface area (Å²) < 4.78 is 55.5. The van der Waals surface area contributed by atoms with Gasteiger partial charge in [-0.1, -0.05) is 19.9 Å². The van der Waals surface area contributed by atoms with E-state index in [9.17, 15) is 21.6 Å². The molecule has 9 heteroatoms. The summed E-state index contributed by atoms with van der Waals surface area (Å²) in [4.78, 5) is 11.7. The maximum Gasteiger partial charge on any atom is 0.297 e. The van der Waals surface area contributed by atoms with Gasteiger partial charge < -0.3 is 0 Å². The Kier molecular flexibility index (Phi) is 5.82. The van der Waals surface area contributed by atoms with Crippen molar-refractivity contribution in [1.29, 1.82) is 0 Å².